The summed E-state index contributed by atoms with van der Waals surface area (Å²) in [6.07, 6.45) is -0.425. The maximum Gasteiger partial charge on any atom is 0.326 e. The van der Waals surface area contributed by atoms with Crippen molar-refractivity contribution in [2.45, 2.75) is 107 Å². The van der Waals surface area contributed by atoms with Crippen LogP contribution >= 0.6 is 0 Å². The first-order valence-corrected chi connectivity index (χ1v) is 20.8. The monoisotopic (exact) mass is 901 g/mol. The second kappa shape index (κ2) is 28.5. The summed E-state index contributed by atoms with van der Waals surface area (Å²) < 4.78 is 0. The van der Waals surface area contributed by atoms with E-state index in [2.05, 4.69) is 52.5 Å². The number of aliphatic carboxylic acids is 1. The molecule has 0 aromatic heterocycles. The van der Waals surface area contributed by atoms with Crippen LogP contribution < -0.4 is 71.2 Å². The number of carboxylic acids is 1. The number of nitrogens with two attached hydrogens (primary N) is 5. The van der Waals surface area contributed by atoms with E-state index in [4.69, 9.17) is 28.7 Å². The van der Waals surface area contributed by atoms with Gasteiger partial charge in [0, 0.05) is 39.4 Å². The summed E-state index contributed by atoms with van der Waals surface area (Å²) in [6, 6.07) is 0.569. The predicted molar refractivity (Wildman–Crippen MR) is 233 cm³/mol. The van der Waals surface area contributed by atoms with E-state index in [0.29, 0.717) is 5.56 Å². The molecule has 1 aromatic carbocycles. The summed E-state index contributed by atoms with van der Waals surface area (Å²) >= 11 is 0. The molecule has 2 rings (SSSR count). The number of carbonyl (C=O) groups excluding carboxylic acids is 8. The van der Waals surface area contributed by atoms with Gasteiger partial charge in [-0.1, -0.05) is 30.3 Å². The Kier molecular flexibility index (Phi) is 23.7. The van der Waals surface area contributed by atoms with Gasteiger partial charge in [-0.05, 0) is 63.5 Å². The average Bonchev–Trinajstić information content (AvgIpc) is 3.23. The highest BCUT2D eigenvalue weighted by atomic mass is 16.4. The molecule has 1 heterocycles. The number of benzene rings is 1. The number of carboxylic acid groups (broad SMARTS) is 1. The van der Waals surface area contributed by atoms with Crippen LogP contribution in [0.3, 0.4) is 0 Å². The zero-order valence-electron chi connectivity index (χ0n) is 35.9. The number of nitrogens with one attached hydrogen (secondary N) is 8. The first-order chi connectivity index (χ1) is 30.4. The van der Waals surface area contributed by atoms with Gasteiger partial charge in [0.15, 0.2) is 11.9 Å². The van der Waals surface area contributed by atoms with Crippen LogP contribution in [0.2, 0.25) is 0 Å². The van der Waals surface area contributed by atoms with Crippen molar-refractivity contribution in [3.8, 4) is 0 Å². The van der Waals surface area contributed by atoms with E-state index >= 15 is 0 Å². The third-order valence-corrected chi connectivity index (χ3v) is 9.56. The van der Waals surface area contributed by atoms with Crippen molar-refractivity contribution in [2.75, 3.05) is 32.7 Å². The molecule has 0 spiro atoms. The molecule has 6 atom stereocenters. The Morgan fingerprint density at radius 3 is 2.00 bits per heavy atom. The van der Waals surface area contributed by atoms with Crippen LogP contribution in [-0.2, 0) is 49.6 Å². The Morgan fingerprint density at radius 2 is 1.38 bits per heavy atom. The number of carbonyl (C=O) groups is 9. The largest absolute Gasteiger partial charge is 0.480 e. The molecule has 8 amide bonds. The van der Waals surface area contributed by atoms with Crippen molar-refractivity contribution < 1.29 is 48.3 Å². The average molecular weight is 902 g/mol. The summed E-state index contributed by atoms with van der Waals surface area (Å²) in [5.74, 6) is -7.93. The van der Waals surface area contributed by atoms with Crippen LogP contribution in [0.15, 0.2) is 40.3 Å². The Bertz CT molecular complexity index is 1820. The maximum atomic E-state index is 14.1. The molecular weight excluding hydrogens is 839 g/mol. The van der Waals surface area contributed by atoms with E-state index in [1.54, 1.807) is 30.3 Å². The molecule has 354 valence electrons. The van der Waals surface area contributed by atoms with Crippen LogP contribution in [0, 0.1) is 0 Å². The van der Waals surface area contributed by atoms with Gasteiger partial charge in [-0.15, -0.1) is 0 Å². The van der Waals surface area contributed by atoms with Gasteiger partial charge >= 0.3 is 5.97 Å². The maximum absolute atomic E-state index is 14.1. The summed E-state index contributed by atoms with van der Waals surface area (Å²) in [5, 5.41) is 30.0. The number of aliphatic imine (C=N–C) groups is 2. The fraction of sp³-hybridized carbons (Fsp3) is 0.564. The SMILES string of the molecule is CC(=O)N[C@@H](CCCN=C(N)N)C(=O)N[C@H]1CCCNC(=O)CC[C@@H](C(=O)O)NC(=O)CNC(=O)[C@H](CCCN=C(N)N)NC(=O)[C@@H](Cc2ccccc2)NC(=O)[C@H](CCN)NC1=O. The Morgan fingerprint density at radius 1 is 0.766 bits per heavy atom. The fourth-order valence-corrected chi connectivity index (χ4v) is 6.33. The fourth-order valence-electron chi connectivity index (χ4n) is 6.33. The van der Waals surface area contributed by atoms with Gasteiger partial charge in [0.1, 0.15) is 36.3 Å². The Balaban J connectivity index is 2.55. The highest BCUT2D eigenvalue weighted by Gasteiger charge is 2.33. The van der Waals surface area contributed by atoms with Crippen LogP contribution in [0.1, 0.15) is 70.3 Å². The highest BCUT2D eigenvalue weighted by Crippen LogP contribution is 2.09. The molecule has 0 radical (unpaired) electrons. The van der Waals surface area contributed by atoms with Crippen molar-refractivity contribution in [2.24, 2.45) is 38.7 Å². The first-order valence-electron chi connectivity index (χ1n) is 20.8. The van der Waals surface area contributed by atoms with Gasteiger partial charge < -0.3 is 76.3 Å². The molecule has 0 saturated carbocycles. The van der Waals surface area contributed by atoms with E-state index in [1.165, 1.54) is 6.92 Å². The number of hydrogen-bond acceptors (Lipinski definition) is 12. The van der Waals surface area contributed by atoms with Gasteiger partial charge in [-0.25, -0.2) is 4.79 Å². The summed E-state index contributed by atoms with van der Waals surface area (Å²) in [4.78, 5) is 127. The summed E-state index contributed by atoms with van der Waals surface area (Å²) in [5.41, 5.74) is 28.1. The minimum Gasteiger partial charge on any atom is -0.480 e. The second-order valence-corrected chi connectivity index (χ2v) is 14.9. The molecule has 1 aliphatic heterocycles. The normalized spacial score (nSPS) is 21.4. The van der Waals surface area contributed by atoms with Crippen molar-refractivity contribution in [1.29, 1.82) is 0 Å². The number of guanidine groups is 2. The quantitative estimate of drug-likeness (QED) is 0.0418. The van der Waals surface area contributed by atoms with Crippen molar-refractivity contribution in [1.82, 2.24) is 42.5 Å². The Hall–Kier alpha value is -7.05. The van der Waals surface area contributed by atoms with Crippen molar-refractivity contribution in [3.63, 3.8) is 0 Å². The van der Waals surface area contributed by atoms with Crippen molar-refractivity contribution >= 4 is 65.1 Å². The molecule has 0 unspecified atom stereocenters. The second-order valence-electron chi connectivity index (χ2n) is 14.9. The number of amides is 8. The molecule has 0 bridgehead atoms. The molecular formula is C39H63N15O10. The predicted octanol–water partition coefficient (Wildman–Crippen LogP) is -5.50. The molecule has 1 aromatic rings. The lowest BCUT2D eigenvalue weighted by molar-refractivity contribution is -0.142. The van der Waals surface area contributed by atoms with Crippen LogP contribution in [0.5, 0.6) is 0 Å². The van der Waals surface area contributed by atoms with E-state index in [0.717, 1.165) is 0 Å². The van der Waals surface area contributed by atoms with Crippen LogP contribution in [0.25, 0.3) is 0 Å². The lowest BCUT2D eigenvalue weighted by atomic mass is 10.0. The van der Waals surface area contributed by atoms with E-state index in [9.17, 15) is 48.3 Å². The lowest BCUT2D eigenvalue weighted by Crippen LogP contribution is -2.60. The van der Waals surface area contributed by atoms with Gasteiger partial charge in [-0.2, -0.15) is 0 Å². The molecule has 0 aliphatic carbocycles. The third-order valence-electron chi connectivity index (χ3n) is 9.56. The molecule has 1 aliphatic rings. The van der Waals surface area contributed by atoms with Crippen LogP contribution in [-0.4, -0.2) is 139 Å². The smallest absolute Gasteiger partial charge is 0.326 e. The van der Waals surface area contributed by atoms with Gasteiger partial charge in [-0.3, -0.25) is 48.3 Å². The zero-order valence-corrected chi connectivity index (χ0v) is 35.9. The molecule has 25 heteroatoms. The van der Waals surface area contributed by atoms with E-state index in [-0.39, 0.29) is 102 Å². The standard InChI is InChI=1S/C39H63N15O10/c1-22(55)49-25(11-7-19-47-39(43)44)33(59)52-26-12-5-17-45-30(56)14-13-28(37(63)64)50-31(57)21-48-32(58)24(10-6-18-46-38(41)42)51-36(62)29(20-23-8-3-2-4-9-23)54-35(61)27(15-16-40)53-34(26)60/h2-4,8-9,24-29H,5-7,10-21,40H2,1H3,(H,45,56)(H,48,58)(H,49,55)(H,50,57)(H,51,62)(H,52,59)(H,53,60)(H,54,61)(H,63,64)(H4,41,42,46)(H4,43,44,47)/t24-,25-,26-,27-,28-,29+/m0/s1. The number of hydrogen-bond donors (Lipinski definition) is 14. The minimum atomic E-state index is -1.52. The van der Waals surface area contributed by atoms with Crippen LogP contribution in [0.4, 0.5) is 0 Å². The van der Waals surface area contributed by atoms with Crippen molar-refractivity contribution in [3.05, 3.63) is 35.9 Å². The molecule has 19 N–H and O–H groups in total. The zero-order chi connectivity index (χ0) is 47.6. The van der Waals surface area contributed by atoms with Gasteiger partial charge in [0.05, 0.1) is 6.54 Å². The first kappa shape index (κ1) is 53.1. The summed E-state index contributed by atoms with van der Waals surface area (Å²) in [6.45, 7) is 0.566. The minimum absolute atomic E-state index is 0.0433. The Labute approximate surface area is 370 Å². The highest BCUT2D eigenvalue weighted by molar-refractivity contribution is 5.97. The van der Waals surface area contributed by atoms with Gasteiger partial charge in [0.25, 0.3) is 0 Å². The molecule has 1 fully saturated rings. The van der Waals surface area contributed by atoms with E-state index in [1.807, 2.05) is 0 Å². The number of rotatable bonds is 16. The summed E-state index contributed by atoms with van der Waals surface area (Å²) in [7, 11) is 0. The number of nitrogens with zero attached hydrogens (tertiary/aromatic N) is 2. The van der Waals surface area contributed by atoms with Gasteiger partial charge in [0.2, 0.25) is 47.3 Å². The van der Waals surface area contributed by atoms with E-state index < -0.39 is 96.0 Å². The molecule has 1 saturated heterocycles. The lowest BCUT2D eigenvalue weighted by Gasteiger charge is -2.27. The molecule has 64 heavy (non-hydrogen) atoms. The topological polar surface area (TPSA) is 425 Å². The third kappa shape index (κ3) is 21.2. The molecule has 25 nitrogen and oxygen atoms in total.